The summed E-state index contributed by atoms with van der Waals surface area (Å²) >= 11 is 7.74. The van der Waals surface area contributed by atoms with Crippen LogP contribution in [0, 0.1) is 0 Å². The van der Waals surface area contributed by atoms with Crippen molar-refractivity contribution < 1.29 is 9.59 Å². The molecule has 4 aromatic rings. The standard InChI is InChI=1S/C24H20ClN3O2S/c25-20-12-18(28-24(30)22-11-17-3-1-2-4-21(17)31-22)9-10-19(20)23(29)27-14-16-7-5-15(13-26)6-8-16/h1-12H,13-14,26H2,(H,27,29)(H,28,30). The van der Waals surface area contributed by atoms with Crippen LogP contribution in [0.5, 0.6) is 0 Å². The van der Waals surface area contributed by atoms with Crippen molar-refractivity contribution in [3.05, 3.63) is 99.4 Å². The van der Waals surface area contributed by atoms with E-state index in [1.165, 1.54) is 11.3 Å². The van der Waals surface area contributed by atoms with Gasteiger partial charge in [-0.3, -0.25) is 9.59 Å². The fourth-order valence-electron chi connectivity index (χ4n) is 3.13. The molecule has 2 amide bonds. The minimum atomic E-state index is -0.282. The average Bonchev–Trinajstić information content (AvgIpc) is 3.22. The number of thiophene rings is 1. The van der Waals surface area contributed by atoms with Gasteiger partial charge in [0.25, 0.3) is 11.8 Å². The molecule has 0 spiro atoms. The van der Waals surface area contributed by atoms with Crippen LogP contribution in [-0.2, 0) is 13.1 Å². The molecule has 0 aliphatic carbocycles. The van der Waals surface area contributed by atoms with Gasteiger partial charge in [-0.2, -0.15) is 0 Å². The van der Waals surface area contributed by atoms with Crippen molar-refractivity contribution in [1.29, 1.82) is 0 Å². The summed E-state index contributed by atoms with van der Waals surface area (Å²) in [5.74, 6) is -0.495. The first-order chi connectivity index (χ1) is 15.0. The van der Waals surface area contributed by atoms with E-state index in [0.717, 1.165) is 21.2 Å². The second-order valence-corrected chi connectivity index (χ2v) is 8.49. The molecular weight excluding hydrogens is 430 g/mol. The summed E-state index contributed by atoms with van der Waals surface area (Å²) < 4.78 is 1.05. The number of hydrogen-bond donors (Lipinski definition) is 3. The number of hydrogen-bond acceptors (Lipinski definition) is 4. The number of nitrogens with two attached hydrogens (primary N) is 1. The smallest absolute Gasteiger partial charge is 0.265 e. The second kappa shape index (κ2) is 9.31. The summed E-state index contributed by atoms with van der Waals surface area (Å²) in [4.78, 5) is 25.7. The molecule has 0 aliphatic rings. The van der Waals surface area contributed by atoms with E-state index >= 15 is 0 Å². The number of halogens is 1. The fourth-order valence-corrected chi connectivity index (χ4v) is 4.36. The van der Waals surface area contributed by atoms with Crippen molar-refractivity contribution >= 4 is 50.5 Å². The van der Waals surface area contributed by atoms with Crippen LogP contribution in [0.2, 0.25) is 5.02 Å². The normalized spacial score (nSPS) is 10.8. The van der Waals surface area contributed by atoms with Crippen LogP contribution in [0.4, 0.5) is 5.69 Å². The maximum absolute atomic E-state index is 12.6. The predicted molar refractivity (Wildman–Crippen MR) is 127 cm³/mol. The van der Waals surface area contributed by atoms with E-state index in [1.807, 2.05) is 54.6 Å². The first kappa shape index (κ1) is 21.1. The van der Waals surface area contributed by atoms with E-state index in [9.17, 15) is 9.59 Å². The van der Waals surface area contributed by atoms with Crippen molar-refractivity contribution in [2.75, 3.05) is 5.32 Å². The molecule has 0 saturated heterocycles. The summed E-state index contributed by atoms with van der Waals surface area (Å²) in [5, 5.41) is 6.99. The van der Waals surface area contributed by atoms with Gasteiger partial charge in [-0.05, 0) is 46.8 Å². The maximum Gasteiger partial charge on any atom is 0.265 e. The Morgan fingerprint density at radius 1 is 0.903 bits per heavy atom. The highest BCUT2D eigenvalue weighted by molar-refractivity contribution is 7.20. The van der Waals surface area contributed by atoms with Gasteiger partial charge in [0.05, 0.1) is 15.5 Å². The Morgan fingerprint density at radius 2 is 1.65 bits per heavy atom. The van der Waals surface area contributed by atoms with Gasteiger partial charge in [-0.15, -0.1) is 11.3 Å². The topological polar surface area (TPSA) is 84.2 Å². The Labute approximate surface area is 188 Å². The lowest BCUT2D eigenvalue weighted by Gasteiger charge is -2.10. The summed E-state index contributed by atoms with van der Waals surface area (Å²) in [6, 6.07) is 22.3. The highest BCUT2D eigenvalue weighted by atomic mass is 35.5. The van der Waals surface area contributed by atoms with Gasteiger partial charge in [0.1, 0.15) is 0 Å². The predicted octanol–water partition coefficient (Wildman–Crippen LogP) is 5.20. The highest BCUT2D eigenvalue weighted by Crippen LogP contribution is 2.27. The molecule has 4 rings (SSSR count). The van der Waals surface area contributed by atoms with Crippen molar-refractivity contribution in [2.24, 2.45) is 5.73 Å². The van der Waals surface area contributed by atoms with E-state index < -0.39 is 0 Å². The van der Waals surface area contributed by atoms with E-state index in [-0.39, 0.29) is 16.8 Å². The third kappa shape index (κ3) is 4.94. The molecule has 3 aromatic carbocycles. The summed E-state index contributed by atoms with van der Waals surface area (Å²) in [5.41, 5.74) is 8.47. The van der Waals surface area contributed by atoms with E-state index in [1.54, 1.807) is 18.2 Å². The van der Waals surface area contributed by atoms with Crippen molar-refractivity contribution in [2.45, 2.75) is 13.1 Å². The Morgan fingerprint density at radius 3 is 2.35 bits per heavy atom. The minimum absolute atomic E-state index is 0.213. The molecule has 0 bridgehead atoms. The molecule has 5 nitrogen and oxygen atoms in total. The van der Waals surface area contributed by atoms with Crippen LogP contribution in [0.3, 0.4) is 0 Å². The van der Waals surface area contributed by atoms with Gasteiger partial charge < -0.3 is 16.4 Å². The lowest BCUT2D eigenvalue weighted by Crippen LogP contribution is -2.23. The number of rotatable bonds is 6. The van der Waals surface area contributed by atoms with Gasteiger partial charge in [-0.1, -0.05) is 54.1 Å². The van der Waals surface area contributed by atoms with Gasteiger partial charge in [0.15, 0.2) is 0 Å². The summed E-state index contributed by atoms with van der Waals surface area (Å²) in [6.07, 6.45) is 0. The second-order valence-electron chi connectivity index (χ2n) is 7.00. The molecule has 0 unspecified atom stereocenters. The van der Waals surface area contributed by atoms with Gasteiger partial charge in [0, 0.05) is 23.5 Å². The van der Waals surface area contributed by atoms with Crippen LogP contribution in [0.15, 0.2) is 72.8 Å². The molecule has 156 valence electrons. The molecule has 0 aliphatic heterocycles. The zero-order valence-electron chi connectivity index (χ0n) is 16.5. The number of nitrogens with one attached hydrogen (secondary N) is 2. The molecule has 0 saturated carbocycles. The molecule has 0 fully saturated rings. The zero-order chi connectivity index (χ0) is 21.8. The Hall–Kier alpha value is -3.19. The Kier molecular flexibility index (Phi) is 6.32. The third-order valence-electron chi connectivity index (χ3n) is 4.83. The third-order valence-corrected chi connectivity index (χ3v) is 6.26. The van der Waals surface area contributed by atoms with Crippen LogP contribution >= 0.6 is 22.9 Å². The number of anilines is 1. The Balaban J connectivity index is 1.40. The monoisotopic (exact) mass is 449 g/mol. The van der Waals surface area contributed by atoms with Gasteiger partial charge in [-0.25, -0.2) is 0 Å². The van der Waals surface area contributed by atoms with Crippen molar-refractivity contribution in [1.82, 2.24) is 5.32 Å². The van der Waals surface area contributed by atoms with E-state index in [2.05, 4.69) is 10.6 Å². The molecule has 4 N–H and O–H groups in total. The number of amides is 2. The zero-order valence-corrected chi connectivity index (χ0v) is 18.1. The number of fused-ring (bicyclic) bond motifs is 1. The molecule has 0 radical (unpaired) electrons. The SMILES string of the molecule is NCc1ccc(CNC(=O)c2ccc(NC(=O)c3cc4ccccc4s3)cc2Cl)cc1. The number of carbonyl (C=O) groups is 2. The molecule has 1 aromatic heterocycles. The quantitative estimate of drug-likeness (QED) is 0.378. The molecular formula is C24H20ClN3O2S. The maximum atomic E-state index is 12.6. The van der Waals surface area contributed by atoms with Crippen LogP contribution in [0.25, 0.3) is 10.1 Å². The first-order valence-electron chi connectivity index (χ1n) is 9.69. The molecule has 31 heavy (non-hydrogen) atoms. The lowest BCUT2D eigenvalue weighted by atomic mass is 10.1. The largest absolute Gasteiger partial charge is 0.348 e. The highest BCUT2D eigenvalue weighted by Gasteiger charge is 2.14. The van der Waals surface area contributed by atoms with Crippen LogP contribution < -0.4 is 16.4 Å². The van der Waals surface area contributed by atoms with E-state index in [0.29, 0.717) is 29.2 Å². The molecule has 0 atom stereocenters. The van der Waals surface area contributed by atoms with Gasteiger partial charge >= 0.3 is 0 Å². The number of benzene rings is 3. The fraction of sp³-hybridized carbons (Fsp3) is 0.0833. The minimum Gasteiger partial charge on any atom is -0.348 e. The van der Waals surface area contributed by atoms with Crippen molar-refractivity contribution in [3.8, 4) is 0 Å². The van der Waals surface area contributed by atoms with Crippen molar-refractivity contribution in [3.63, 3.8) is 0 Å². The van der Waals surface area contributed by atoms with Gasteiger partial charge in [0.2, 0.25) is 0 Å². The average molecular weight is 450 g/mol. The van der Waals surface area contributed by atoms with E-state index in [4.69, 9.17) is 17.3 Å². The Bertz CT molecular complexity index is 1220. The number of carbonyl (C=O) groups excluding carboxylic acids is 2. The molecule has 7 heteroatoms. The van der Waals surface area contributed by atoms with Crippen LogP contribution in [-0.4, -0.2) is 11.8 Å². The molecule has 1 heterocycles. The first-order valence-corrected chi connectivity index (χ1v) is 10.9. The summed E-state index contributed by atoms with van der Waals surface area (Å²) in [7, 11) is 0. The summed E-state index contributed by atoms with van der Waals surface area (Å²) in [6.45, 7) is 0.860. The lowest BCUT2D eigenvalue weighted by molar-refractivity contribution is 0.0950. The van der Waals surface area contributed by atoms with Crippen LogP contribution in [0.1, 0.15) is 31.2 Å².